The zero-order valence-corrected chi connectivity index (χ0v) is 23.5. The molecule has 3 aromatic rings. The van der Waals surface area contributed by atoms with Crippen LogP contribution in [0.1, 0.15) is 98.6 Å². The smallest absolute Gasteiger partial charge is 0.0726 e. The van der Waals surface area contributed by atoms with Gasteiger partial charge in [0.05, 0.1) is 22.8 Å². The Bertz CT molecular complexity index is 1700. The molecule has 0 fully saturated rings. The number of aromatic amines is 2. The second-order valence-corrected chi connectivity index (χ2v) is 11.9. The molecule has 2 N–H and O–H groups in total. The summed E-state index contributed by atoms with van der Waals surface area (Å²) in [6.45, 7) is 18.1. The average Bonchev–Trinajstić information content (AvgIpc) is 3.53. The highest BCUT2D eigenvalue weighted by Crippen LogP contribution is 2.47. The van der Waals surface area contributed by atoms with E-state index < -0.39 is 0 Å². The second-order valence-electron chi connectivity index (χ2n) is 11.9. The van der Waals surface area contributed by atoms with Crippen LogP contribution in [0.25, 0.3) is 44.9 Å². The first kappa shape index (κ1) is 24.0. The van der Waals surface area contributed by atoms with Crippen LogP contribution in [0.5, 0.6) is 0 Å². The summed E-state index contributed by atoms with van der Waals surface area (Å²) in [5.74, 6) is 0. The Morgan fingerprint density at radius 3 is 1.95 bits per heavy atom. The second kappa shape index (κ2) is 8.31. The monoisotopic (exact) mass is 490 g/mol. The van der Waals surface area contributed by atoms with E-state index >= 15 is 0 Å². The number of nitrogens with one attached hydrogen (secondary N) is 2. The van der Waals surface area contributed by atoms with Gasteiger partial charge in [-0.1, -0.05) is 27.7 Å². The third-order valence-electron chi connectivity index (χ3n) is 8.72. The van der Waals surface area contributed by atoms with Gasteiger partial charge in [0.25, 0.3) is 0 Å². The van der Waals surface area contributed by atoms with Crippen LogP contribution in [-0.2, 0) is 19.3 Å². The van der Waals surface area contributed by atoms with Crippen LogP contribution in [0.2, 0.25) is 0 Å². The number of aryl methyl sites for hydroxylation is 4. The van der Waals surface area contributed by atoms with E-state index in [1.807, 2.05) is 0 Å². The minimum Gasteiger partial charge on any atom is -0.355 e. The molecule has 8 bridgehead atoms. The molecule has 0 spiro atoms. The number of rotatable bonds is 2. The Morgan fingerprint density at radius 2 is 1.35 bits per heavy atom. The number of H-pyrrole nitrogens is 2. The highest BCUT2D eigenvalue weighted by atomic mass is 14.8. The average molecular weight is 491 g/mol. The molecule has 0 aromatic carbocycles. The van der Waals surface area contributed by atoms with E-state index in [0.29, 0.717) is 0 Å². The summed E-state index contributed by atoms with van der Waals surface area (Å²) in [6, 6.07) is 6.81. The Labute approximate surface area is 220 Å². The summed E-state index contributed by atoms with van der Waals surface area (Å²) in [4.78, 5) is 18.0. The SMILES string of the molecule is CCc1c(C)c2cc3nc(c4c5nc(cc6[nH]c(cc1[nH]2)c(CC)c6C)C(C)=C5CC(C)(C)C4)C=C3C. The van der Waals surface area contributed by atoms with Crippen molar-refractivity contribution in [1.82, 2.24) is 19.9 Å². The third-order valence-corrected chi connectivity index (χ3v) is 8.72. The molecule has 5 heterocycles. The predicted molar refractivity (Wildman–Crippen MR) is 157 cm³/mol. The normalized spacial score (nSPS) is 16.4. The molecule has 3 aromatic heterocycles. The van der Waals surface area contributed by atoms with E-state index in [4.69, 9.17) is 9.97 Å². The molecule has 190 valence electrons. The number of aromatic nitrogens is 4. The summed E-state index contributed by atoms with van der Waals surface area (Å²) in [7, 11) is 0. The van der Waals surface area contributed by atoms with Crippen LogP contribution in [0, 0.1) is 19.3 Å². The first-order valence-electron chi connectivity index (χ1n) is 13.7. The minimum atomic E-state index is 0.168. The van der Waals surface area contributed by atoms with Gasteiger partial charge in [-0.2, -0.15) is 0 Å². The van der Waals surface area contributed by atoms with Crippen LogP contribution in [0.15, 0.2) is 18.2 Å². The minimum absolute atomic E-state index is 0.168. The van der Waals surface area contributed by atoms with Gasteiger partial charge in [-0.05, 0) is 122 Å². The Hall–Kier alpha value is -3.40. The van der Waals surface area contributed by atoms with Crippen LogP contribution >= 0.6 is 0 Å². The molecule has 1 aliphatic carbocycles. The van der Waals surface area contributed by atoms with Crippen molar-refractivity contribution in [3.63, 3.8) is 0 Å². The molecule has 4 heteroatoms. The summed E-state index contributed by atoms with van der Waals surface area (Å²) in [5, 5.41) is 0. The fourth-order valence-electron chi connectivity index (χ4n) is 6.58. The molecule has 4 nitrogen and oxygen atoms in total. The lowest BCUT2D eigenvalue weighted by Gasteiger charge is -2.31. The standard InChI is InChI=1S/C33H38N4/c1-9-21-18(4)26-12-25-17(3)11-29(34-25)24-16-33(7,8)15-23-20(6)28(37-32(23)24)13-27-19(5)22(10-2)31(36-27)14-30(21)35-26/h11-14,35-36H,9-10,15-16H2,1-8H3. The van der Waals surface area contributed by atoms with E-state index in [1.165, 1.54) is 55.6 Å². The van der Waals surface area contributed by atoms with Gasteiger partial charge in [-0.25, -0.2) is 9.97 Å². The molecular formula is C33H38N4. The number of fused-ring (bicyclic) bond motifs is 8. The van der Waals surface area contributed by atoms with Crippen molar-refractivity contribution in [3.05, 3.63) is 68.8 Å². The maximum absolute atomic E-state index is 5.28. The van der Waals surface area contributed by atoms with Gasteiger partial charge in [-0.3, -0.25) is 0 Å². The number of hydrogen-bond donors (Lipinski definition) is 2. The molecular weight excluding hydrogens is 452 g/mol. The van der Waals surface area contributed by atoms with Gasteiger partial charge in [-0.15, -0.1) is 0 Å². The first-order chi connectivity index (χ1) is 17.6. The molecule has 0 amide bonds. The molecule has 0 radical (unpaired) electrons. The van der Waals surface area contributed by atoms with Crippen molar-refractivity contribution in [2.45, 2.75) is 81.1 Å². The predicted octanol–water partition coefficient (Wildman–Crippen LogP) is 8.52. The van der Waals surface area contributed by atoms with E-state index in [-0.39, 0.29) is 5.41 Å². The number of nitrogens with zero attached hydrogens (tertiary/aromatic N) is 2. The summed E-state index contributed by atoms with van der Waals surface area (Å²) < 4.78 is 0. The van der Waals surface area contributed by atoms with Gasteiger partial charge in [0.1, 0.15) is 0 Å². The van der Waals surface area contributed by atoms with Crippen molar-refractivity contribution in [2.75, 3.05) is 0 Å². The van der Waals surface area contributed by atoms with Crippen molar-refractivity contribution >= 4 is 44.9 Å². The van der Waals surface area contributed by atoms with Gasteiger partial charge < -0.3 is 9.97 Å². The Kier molecular flexibility index (Phi) is 5.38. The lowest BCUT2D eigenvalue weighted by atomic mass is 9.73. The van der Waals surface area contributed by atoms with Gasteiger partial charge in [0, 0.05) is 27.6 Å². The zero-order chi connectivity index (χ0) is 26.2. The molecule has 6 rings (SSSR count). The van der Waals surface area contributed by atoms with Crippen LogP contribution in [0.3, 0.4) is 0 Å². The zero-order valence-electron chi connectivity index (χ0n) is 23.5. The van der Waals surface area contributed by atoms with E-state index in [9.17, 15) is 0 Å². The fraction of sp³-hybridized carbons (Fsp3) is 0.394. The topological polar surface area (TPSA) is 57.4 Å². The van der Waals surface area contributed by atoms with Crippen LogP contribution in [-0.4, -0.2) is 19.9 Å². The highest BCUT2D eigenvalue weighted by molar-refractivity contribution is 5.95. The van der Waals surface area contributed by atoms with Crippen molar-refractivity contribution in [3.8, 4) is 0 Å². The molecule has 0 saturated carbocycles. The quantitative estimate of drug-likeness (QED) is 0.378. The number of hydrogen-bond acceptors (Lipinski definition) is 2. The summed E-state index contributed by atoms with van der Waals surface area (Å²) in [5.41, 5.74) is 19.7. The summed E-state index contributed by atoms with van der Waals surface area (Å²) >= 11 is 0. The van der Waals surface area contributed by atoms with Crippen molar-refractivity contribution < 1.29 is 0 Å². The molecule has 3 aliphatic rings. The molecule has 37 heavy (non-hydrogen) atoms. The molecule has 0 atom stereocenters. The summed E-state index contributed by atoms with van der Waals surface area (Å²) in [6.07, 6.45) is 6.26. The fourth-order valence-corrected chi connectivity index (χ4v) is 6.58. The van der Waals surface area contributed by atoms with E-state index in [0.717, 1.165) is 59.5 Å². The van der Waals surface area contributed by atoms with Crippen molar-refractivity contribution in [1.29, 1.82) is 0 Å². The highest BCUT2D eigenvalue weighted by Gasteiger charge is 2.34. The largest absolute Gasteiger partial charge is 0.355 e. The molecule has 0 saturated heterocycles. The van der Waals surface area contributed by atoms with E-state index in [1.54, 1.807) is 0 Å². The van der Waals surface area contributed by atoms with Gasteiger partial charge >= 0.3 is 0 Å². The Morgan fingerprint density at radius 1 is 0.757 bits per heavy atom. The van der Waals surface area contributed by atoms with Gasteiger partial charge in [0.2, 0.25) is 0 Å². The lowest BCUT2D eigenvalue weighted by molar-refractivity contribution is 0.364. The number of allylic oxidation sites excluding steroid dienone is 3. The van der Waals surface area contributed by atoms with Gasteiger partial charge in [0.15, 0.2) is 0 Å². The Balaban J connectivity index is 1.82. The first-order valence-corrected chi connectivity index (χ1v) is 13.7. The van der Waals surface area contributed by atoms with Crippen LogP contribution in [0.4, 0.5) is 0 Å². The molecule has 0 unspecified atom stereocenters. The third kappa shape index (κ3) is 3.72. The maximum Gasteiger partial charge on any atom is 0.0726 e. The molecule has 2 aliphatic heterocycles. The van der Waals surface area contributed by atoms with E-state index in [2.05, 4.69) is 89.6 Å². The van der Waals surface area contributed by atoms with Crippen molar-refractivity contribution in [2.24, 2.45) is 5.41 Å². The van der Waals surface area contributed by atoms with Crippen LogP contribution < -0.4 is 0 Å². The lowest BCUT2D eigenvalue weighted by Crippen LogP contribution is -2.22. The maximum atomic E-state index is 5.28.